The topological polar surface area (TPSA) is 65.0 Å². The minimum atomic E-state index is -0.983. The molecule has 0 unspecified atom stereocenters. The van der Waals surface area contributed by atoms with E-state index >= 15 is 0 Å². The Morgan fingerprint density at radius 1 is 1.33 bits per heavy atom. The Morgan fingerprint density at radius 2 is 2.14 bits per heavy atom. The molecule has 5 nitrogen and oxygen atoms in total. The first-order chi connectivity index (χ1) is 10.2. The third-order valence-corrected chi connectivity index (χ3v) is 3.12. The van der Waals surface area contributed by atoms with Gasteiger partial charge in [0, 0.05) is 24.8 Å². The Morgan fingerprint density at radius 3 is 2.81 bits per heavy atom. The van der Waals surface area contributed by atoms with Gasteiger partial charge < -0.3 is 19.3 Å². The largest absolute Gasteiger partial charge is 0.493 e. The molecule has 114 valence electrons. The molecule has 1 saturated carbocycles. The van der Waals surface area contributed by atoms with Crippen LogP contribution in [0.15, 0.2) is 24.3 Å². The smallest absolute Gasteiger partial charge is 0.328 e. The van der Waals surface area contributed by atoms with Crippen LogP contribution >= 0.6 is 0 Å². The number of rotatable bonds is 9. The lowest BCUT2D eigenvalue weighted by atomic mass is 10.1. The number of carbonyl (C=O) groups is 1. The highest BCUT2D eigenvalue weighted by molar-refractivity contribution is 5.86. The molecule has 0 amide bonds. The zero-order valence-electron chi connectivity index (χ0n) is 12.1. The first-order valence-corrected chi connectivity index (χ1v) is 6.98. The van der Waals surface area contributed by atoms with Gasteiger partial charge in [0.15, 0.2) is 0 Å². The fourth-order valence-corrected chi connectivity index (χ4v) is 1.76. The van der Waals surface area contributed by atoms with E-state index in [4.69, 9.17) is 19.3 Å². The van der Waals surface area contributed by atoms with E-state index in [1.165, 1.54) is 18.9 Å². The zero-order chi connectivity index (χ0) is 15.1. The Labute approximate surface area is 124 Å². The summed E-state index contributed by atoms with van der Waals surface area (Å²) in [5, 5.41) is 8.73. The molecule has 0 saturated heterocycles. The Bertz CT molecular complexity index is 505. The second-order valence-electron chi connectivity index (χ2n) is 4.97. The van der Waals surface area contributed by atoms with Gasteiger partial charge in [0.1, 0.15) is 18.1 Å². The summed E-state index contributed by atoms with van der Waals surface area (Å²) >= 11 is 0. The second-order valence-corrected chi connectivity index (χ2v) is 4.97. The van der Waals surface area contributed by atoms with Crippen LogP contribution in [0.4, 0.5) is 0 Å². The highest BCUT2D eigenvalue weighted by Crippen LogP contribution is 2.32. The molecule has 1 aliphatic carbocycles. The molecule has 0 atom stereocenters. The van der Waals surface area contributed by atoms with Crippen molar-refractivity contribution in [1.82, 2.24) is 0 Å². The van der Waals surface area contributed by atoms with Crippen LogP contribution in [-0.2, 0) is 9.53 Å². The van der Waals surface area contributed by atoms with Crippen molar-refractivity contribution < 1.29 is 24.1 Å². The number of carboxylic acid groups (broad SMARTS) is 1. The molecule has 5 heteroatoms. The van der Waals surface area contributed by atoms with Gasteiger partial charge in [0.2, 0.25) is 0 Å². The summed E-state index contributed by atoms with van der Waals surface area (Å²) in [6.07, 6.45) is 5.03. The van der Waals surface area contributed by atoms with Crippen molar-refractivity contribution >= 4 is 12.0 Å². The quantitative estimate of drug-likeness (QED) is 0.560. The maximum Gasteiger partial charge on any atom is 0.328 e. The summed E-state index contributed by atoms with van der Waals surface area (Å²) in [6, 6.07) is 5.38. The highest BCUT2D eigenvalue weighted by Gasteiger charge is 2.22. The SMILES string of the molecule is COCCOc1ccc(C=CC(=O)O)c(OCC2CC2)c1. The van der Waals surface area contributed by atoms with Crippen molar-refractivity contribution in [2.45, 2.75) is 12.8 Å². The Hall–Kier alpha value is -2.01. The number of carboxylic acids is 1. The summed E-state index contributed by atoms with van der Waals surface area (Å²) in [5.41, 5.74) is 0.733. The number of methoxy groups -OCH3 is 1. The van der Waals surface area contributed by atoms with E-state index in [9.17, 15) is 4.79 Å². The molecule has 2 rings (SSSR count). The van der Waals surface area contributed by atoms with Gasteiger partial charge in [-0.3, -0.25) is 0 Å². The molecule has 0 radical (unpaired) electrons. The number of hydrogen-bond donors (Lipinski definition) is 1. The van der Waals surface area contributed by atoms with E-state index in [0.717, 1.165) is 11.6 Å². The summed E-state index contributed by atoms with van der Waals surface area (Å²) in [5.74, 6) is 0.975. The first kappa shape index (κ1) is 15.4. The van der Waals surface area contributed by atoms with E-state index < -0.39 is 5.97 Å². The van der Waals surface area contributed by atoms with Crippen LogP contribution in [0.5, 0.6) is 11.5 Å². The molecular formula is C16H20O5. The van der Waals surface area contributed by atoms with Crippen molar-refractivity contribution in [1.29, 1.82) is 0 Å². The summed E-state index contributed by atoms with van der Waals surface area (Å²) in [6.45, 7) is 1.64. The number of ether oxygens (including phenoxy) is 3. The third-order valence-electron chi connectivity index (χ3n) is 3.12. The summed E-state index contributed by atoms with van der Waals surface area (Å²) in [7, 11) is 1.62. The molecule has 0 aliphatic heterocycles. The molecule has 21 heavy (non-hydrogen) atoms. The fourth-order valence-electron chi connectivity index (χ4n) is 1.76. The summed E-state index contributed by atoms with van der Waals surface area (Å²) in [4.78, 5) is 10.6. The van der Waals surface area contributed by atoms with Gasteiger partial charge in [-0.1, -0.05) is 0 Å². The predicted octanol–water partition coefficient (Wildman–Crippen LogP) is 2.60. The molecule has 0 aromatic heterocycles. The van der Waals surface area contributed by atoms with E-state index in [-0.39, 0.29) is 0 Å². The van der Waals surface area contributed by atoms with E-state index in [2.05, 4.69) is 0 Å². The van der Waals surface area contributed by atoms with Crippen LogP contribution in [0.3, 0.4) is 0 Å². The van der Waals surface area contributed by atoms with Gasteiger partial charge in [-0.2, -0.15) is 0 Å². The molecule has 1 aromatic carbocycles. The molecule has 0 bridgehead atoms. The minimum absolute atomic E-state index is 0.461. The van der Waals surface area contributed by atoms with Gasteiger partial charge >= 0.3 is 5.97 Å². The van der Waals surface area contributed by atoms with Crippen LogP contribution in [0, 0.1) is 5.92 Å². The zero-order valence-corrected chi connectivity index (χ0v) is 12.1. The lowest BCUT2D eigenvalue weighted by Crippen LogP contribution is -2.05. The van der Waals surface area contributed by atoms with Crippen LogP contribution < -0.4 is 9.47 Å². The first-order valence-electron chi connectivity index (χ1n) is 6.98. The van der Waals surface area contributed by atoms with Crippen molar-refractivity contribution in [2.75, 3.05) is 26.9 Å². The van der Waals surface area contributed by atoms with Gasteiger partial charge in [0.25, 0.3) is 0 Å². The van der Waals surface area contributed by atoms with Crippen molar-refractivity contribution in [3.8, 4) is 11.5 Å². The van der Waals surface area contributed by atoms with Crippen LogP contribution in [0.25, 0.3) is 6.08 Å². The van der Waals surface area contributed by atoms with Crippen molar-refractivity contribution in [3.05, 3.63) is 29.8 Å². The van der Waals surface area contributed by atoms with Gasteiger partial charge in [-0.05, 0) is 37.0 Å². The lowest BCUT2D eigenvalue weighted by molar-refractivity contribution is -0.131. The van der Waals surface area contributed by atoms with Crippen LogP contribution in [0.2, 0.25) is 0 Å². The monoisotopic (exact) mass is 292 g/mol. The maximum absolute atomic E-state index is 10.6. The Kier molecular flexibility index (Phi) is 5.63. The standard InChI is InChI=1S/C16H20O5/c1-19-8-9-20-14-6-4-13(5-7-16(17)18)15(10-14)21-11-12-2-3-12/h4-7,10,12H,2-3,8-9,11H2,1H3,(H,17,18). The number of benzene rings is 1. The van der Waals surface area contributed by atoms with Gasteiger partial charge in [-0.25, -0.2) is 4.79 Å². The molecule has 1 fully saturated rings. The normalized spacial score (nSPS) is 14.3. The fraction of sp³-hybridized carbons (Fsp3) is 0.438. The van der Waals surface area contributed by atoms with Crippen molar-refractivity contribution in [2.24, 2.45) is 5.92 Å². The minimum Gasteiger partial charge on any atom is -0.493 e. The molecule has 1 aromatic rings. The van der Waals surface area contributed by atoms with E-state index in [1.807, 2.05) is 0 Å². The van der Waals surface area contributed by atoms with E-state index in [0.29, 0.717) is 37.2 Å². The summed E-state index contributed by atoms with van der Waals surface area (Å²) < 4.78 is 16.3. The number of aliphatic carboxylic acids is 1. The average Bonchev–Trinajstić information content (AvgIpc) is 3.28. The lowest BCUT2D eigenvalue weighted by Gasteiger charge is -2.12. The third kappa shape index (κ3) is 5.47. The molecule has 0 spiro atoms. The molecular weight excluding hydrogens is 272 g/mol. The predicted molar refractivity (Wildman–Crippen MR) is 78.7 cm³/mol. The molecule has 1 aliphatic rings. The highest BCUT2D eigenvalue weighted by atomic mass is 16.5. The number of hydrogen-bond acceptors (Lipinski definition) is 4. The van der Waals surface area contributed by atoms with E-state index in [1.54, 1.807) is 25.3 Å². The average molecular weight is 292 g/mol. The Balaban J connectivity index is 2.07. The van der Waals surface area contributed by atoms with Crippen molar-refractivity contribution in [3.63, 3.8) is 0 Å². The van der Waals surface area contributed by atoms with Crippen LogP contribution in [-0.4, -0.2) is 38.0 Å². The van der Waals surface area contributed by atoms with Gasteiger partial charge in [0.05, 0.1) is 13.2 Å². The van der Waals surface area contributed by atoms with Gasteiger partial charge in [-0.15, -0.1) is 0 Å². The second kappa shape index (κ2) is 7.69. The molecule has 0 heterocycles. The maximum atomic E-state index is 10.6. The molecule has 1 N–H and O–H groups in total. The van der Waals surface area contributed by atoms with Crippen LogP contribution in [0.1, 0.15) is 18.4 Å².